The lowest BCUT2D eigenvalue weighted by Crippen LogP contribution is -2.31. The number of aliphatic carboxylic acids is 1. The molecule has 130 valence electrons. The van der Waals surface area contributed by atoms with Gasteiger partial charge in [-0.2, -0.15) is 0 Å². The Labute approximate surface area is 151 Å². The highest BCUT2D eigenvalue weighted by Crippen LogP contribution is 2.52. The largest absolute Gasteiger partial charge is 0.481 e. The number of carbonyl (C=O) groups is 2. The summed E-state index contributed by atoms with van der Waals surface area (Å²) in [6, 6.07) is 11.8. The van der Waals surface area contributed by atoms with Crippen molar-refractivity contribution in [2.24, 2.45) is 11.8 Å². The first-order valence-electron chi connectivity index (χ1n) is 8.66. The van der Waals surface area contributed by atoms with E-state index < -0.39 is 11.9 Å². The van der Waals surface area contributed by atoms with Crippen molar-refractivity contribution in [3.63, 3.8) is 0 Å². The summed E-state index contributed by atoms with van der Waals surface area (Å²) in [6.45, 7) is 2.92. The van der Waals surface area contributed by atoms with Crippen LogP contribution in [-0.2, 0) is 9.59 Å². The SMILES string of the molecule is Cc1ccsc1C1CC1C(=O)N1C[C@H](C(=O)O)[C@H](c2ccccc2)C1. The minimum atomic E-state index is -0.814. The lowest BCUT2D eigenvalue weighted by Gasteiger charge is -2.16. The Morgan fingerprint density at radius 1 is 1.08 bits per heavy atom. The van der Waals surface area contributed by atoms with E-state index in [1.54, 1.807) is 16.2 Å². The lowest BCUT2D eigenvalue weighted by molar-refractivity contribution is -0.141. The van der Waals surface area contributed by atoms with E-state index in [-0.39, 0.29) is 17.7 Å². The summed E-state index contributed by atoms with van der Waals surface area (Å²) in [5.74, 6) is -0.976. The van der Waals surface area contributed by atoms with Crippen molar-refractivity contribution in [3.05, 3.63) is 57.8 Å². The zero-order chi connectivity index (χ0) is 17.6. The smallest absolute Gasteiger partial charge is 0.308 e. The van der Waals surface area contributed by atoms with Crippen molar-refractivity contribution in [3.8, 4) is 0 Å². The molecular weight excluding hydrogens is 334 g/mol. The van der Waals surface area contributed by atoms with Crippen LogP contribution in [0.4, 0.5) is 0 Å². The third-order valence-electron chi connectivity index (χ3n) is 5.52. The van der Waals surface area contributed by atoms with Crippen LogP contribution in [0.5, 0.6) is 0 Å². The number of thiophene rings is 1. The molecule has 1 aliphatic carbocycles. The Morgan fingerprint density at radius 2 is 1.84 bits per heavy atom. The number of likely N-dealkylation sites (tertiary alicyclic amines) is 1. The topological polar surface area (TPSA) is 57.6 Å². The van der Waals surface area contributed by atoms with Gasteiger partial charge in [-0.3, -0.25) is 9.59 Å². The van der Waals surface area contributed by atoms with E-state index >= 15 is 0 Å². The maximum atomic E-state index is 12.9. The van der Waals surface area contributed by atoms with Crippen molar-refractivity contribution >= 4 is 23.2 Å². The van der Waals surface area contributed by atoms with Gasteiger partial charge in [0, 0.05) is 35.7 Å². The lowest BCUT2D eigenvalue weighted by atomic mass is 9.89. The molecule has 1 saturated heterocycles. The molecule has 5 heteroatoms. The minimum absolute atomic E-state index is 0.0290. The molecule has 0 radical (unpaired) electrons. The minimum Gasteiger partial charge on any atom is -0.481 e. The molecule has 2 heterocycles. The number of nitrogens with zero attached hydrogens (tertiary/aromatic N) is 1. The highest BCUT2D eigenvalue weighted by molar-refractivity contribution is 7.10. The van der Waals surface area contributed by atoms with Gasteiger partial charge in [-0.15, -0.1) is 11.3 Å². The van der Waals surface area contributed by atoms with Gasteiger partial charge in [-0.25, -0.2) is 0 Å². The second-order valence-corrected chi connectivity index (χ2v) is 8.07. The van der Waals surface area contributed by atoms with Crippen molar-refractivity contribution in [1.29, 1.82) is 0 Å². The fourth-order valence-electron chi connectivity index (χ4n) is 4.03. The van der Waals surface area contributed by atoms with Crippen molar-refractivity contribution < 1.29 is 14.7 Å². The zero-order valence-electron chi connectivity index (χ0n) is 14.1. The van der Waals surface area contributed by atoms with E-state index in [4.69, 9.17) is 0 Å². The van der Waals surface area contributed by atoms with Gasteiger partial charge in [0.15, 0.2) is 0 Å². The van der Waals surface area contributed by atoms with Gasteiger partial charge >= 0.3 is 5.97 Å². The van der Waals surface area contributed by atoms with Crippen LogP contribution in [0.15, 0.2) is 41.8 Å². The van der Waals surface area contributed by atoms with Crippen LogP contribution >= 0.6 is 11.3 Å². The first kappa shape index (κ1) is 16.3. The molecule has 1 aromatic carbocycles. The Morgan fingerprint density at radius 3 is 2.48 bits per heavy atom. The highest BCUT2D eigenvalue weighted by atomic mass is 32.1. The zero-order valence-corrected chi connectivity index (χ0v) is 14.9. The standard InChI is InChI=1S/C20H21NO3S/c1-12-7-8-25-18(12)14-9-15(14)19(22)21-10-16(17(11-21)20(23)24)13-5-3-2-4-6-13/h2-8,14-17H,9-11H2,1H3,(H,23,24)/t14?,15?,16-,17-/m0/s1. The van der Waals surface area contributed by atoms with Crippen LogP contribution in [0.3, 0.4) is 0 Å². The van der Waals surface area contributed by atoms with Crippen molar-refractivity contribution in [2.75, 3.05) is 13.1 Å². The van der Waals surface area contributed by atoms with Crippen LogP contribution in [0, 0.1) is 18.8 Å². The number of carboxylic acids is 1. The molecule has 1 N–H and O–H groups in total. The molecule has 2 unspecified atom stereocenters. The molecular formula is C20H21NO3S. The molecule has 1 aliphatic heterocycles. The number of benzene rings is 1. The van der Waals surface area contributed by atoms with E-state index in [0.717, 1.165) is 12.0 Å². The Hall–Kier alpha value is -2.14. The Balaban J connectivity index is 1.49. The molecule has 0 bridgehead atoms. The first-order chi connectivity index (χ1) is 12.1. The van der Waals surface area contributed by atoms with Crippen LogP contribution in [0.1, 0.15) is 34.3 Å². The van der Waals surface area contributed by atoms with Gasteiger partial charge in [-0.1, -0.05) is 30.3 Å². The average Bonchev–Trinajstić information content (AvgIpc) is 3.06. The quantitative estimate of drug-likeness (QED) is 0.913. The third kappa shape index (κ3) is 2.97. The highest BCUT2D eigenvalue weighted by Gasteiger charge is 2.50. The predicted molar refractivity (Wildman–Crippen MR) is 96.8 cm³/mol. The number of carbonyl (C=O) groups excluding carboxylic acids is 1. The van der Waals surface area contributed by atoms with Gasteiger partial charge in [0.1, 0.15) is 0 Å². The van der Waals surface area contributed by atoms with E-state index in [2.05, 4.69) is 18.4 Å². The molecule has 4 nitrogen and oxygen atoms in total. The molecule has 1 saturated carbocycles. The number of rotatable bonds is 4. The van der Waals surface area contributed by atoms with Gasteiger partial charge < -0.3 is 10.0 Å². The van der Waals surface area contributed by atoms with Crippen molar-refractivity contribution in [2.45, 2.75) is 25.2 Å². The number of carboxylic acid groups (broad SMARTS) is 1. The summed E-state index contributed by atoms with van der Waals surface area (Å²) < 4.78 is 0. The number of aryl methyl sites for hydroxylation is 1. The molecule has 2 aliphatic rings. The van der Waals surface area contributed by atoms with Gasteiger partial charge in [0.2, 0.25) is 5.91 Å². The third-order valence-corrected chi connectivity index (χ3v) is 6.67. The average molecular weight is 355 g/mol. The van der Waals surface area contributed by atoms with E-state index in [1.807, 2.05) is 30.3 Å². The van der Waals surface area contributed by atoms with Crippen LogP contribution in [0.25, 0.3) is 0 Å². The van der Waals surface area contributed by atoms with Gasteiger partial charge in [0.05, 0.1) is 5.92 Å². The Kier molecular flexibility index (Phi) is 4.12. The van der Waals surface area contributed by atoms with Crippen molar-refractivity contribution in [1.82, 2.24) is 4.90 Å². The van der Waals surface area contributed by atoms with E-state index in [9.17, 15) is 14.7 Å². The maximum absolute atomic E-state index is 12.9. The monoisotopic (exact) mass is 355 g/mol. The molecule has 0 spiro atoms. The second-order valence-electron chi connectivity index (χ2n) is 7.12. The fourth-order valence-corrected chi connectivity index (χ4v) is 5.14. The number of hydrogen-bond acceptors (Lipinski definition) is 3. The summed E-state index contributed by atoms with van der Waals surface area (Å²) in [5.41, 5.74) is 2.27. The second kappa shape index (κ2) is 6.30. The molecule has 2 fully saturated rings. The van der Waals surface area contributed by atoms with Crippen LogP contribution in [-0.4, -0.2) is 35.0 Å². The molecule has 25 heavy (non-hydrogen) atoms. The summed E-state index contributed by atoms with van der Waals surface area (Å²) >= 11 is 1.72. The fraction of sp³-hybridized carbons (Fsp3) is 0.400. The molecule has 4 atom stereocenters. The maximum Gasteiger partial charge on any atom is 0.308 e. The first-order valence-corrected chi connectivity index (χ1v) is 9.54. The molecule has 2 aromatic rings. The number of hydrogen-bond donors (Lipinski definition) is 1. The number of amides is 1. The van der Waals surface area contributed by atoms with E-state index in [0.29, 0.717) is 19.0 Å². The molecule has 1 aromatic heterocycles. The summed E-state index contributed by atoms with van der Waals surface area (Å²) in [5, 5.41) is 11.7. The van der Waals surface area contributed by atoms with Gasteiger partial charge in [-0.05, 0) is 35.9 Å². The van der Waals surface area contributed by atoms with Crippen LogP contribution in [0.2, 0.25) is 0 Å². The van der Waals surface area contributed by atoms with Crippen LogP contribution < -0.4 is 0 Å². The predicted octanol–water partition coefficient (Wildman–Crippen LogP) is 3.49. The van der Waals surface area contributed by atoms with Gasteiger partial charge in [0.25, 0.3) is 0 Å². The summed E-state index contributed by atoms with van der Waals surface area (Å²) in [6.07, 6.45) is 0.893. The molecule has 4 rings (SSSR count). The summed E-state index contributed by atoms with van der Waals surface area (Å²) in [4.78, 5) is 27.7. The molecule has 1 amide bonds. The Bertz CT molecular complexity index is 800. The van der Waals surface area contributed by atoms with E-state index in [1.165, 1.54) is 10.4 Å². The normalized spacial score (nSPS) is 28.1. The summed E-state index contributed by atoms with van der Waals surface area (Å²) in [7, 11) is 0.